The van der Waals surface area contributed by atoms with Gasteiger partial charge in [-0.15, -0.1) is 0 Å². The fourth-order valence-electron chi connectivity index (χ4n) is 4.85. The van der Waals surface area contributed by atoms with Gasteiger partial charge in [0.1, 0.15) is 5.82 Å². The summed E-state index contributed by atoms with van der Waals surface area (Å²) in [4.78, 5) is 40.0. The Balaban J connectivity index is 1.39. The Labute approximate surface area is 210 Å². The zero-order valence-corrected chi connectivity index (χ0v) is 20.7. The number of aryl methyl sites for hydroxylation is 3. The van der Waals surface area contributed by atoms with Crippen LogP contribution in [0.15, 0.2) is 42.9 Å². The van der Waals surface area contributed by atoms with Crippen molar-refractivity contribution in [3.63, 3.8) is 0 Å². The summed E-state index contributed by atoms with van der Waals surface area (Å²) in [5.74, 6) is 1.45. The Morgan fingerprint density at radius 3 is 2.86 bits per heavy atom. The van der Waals surface area contributed by atoms with Gasteiger partial charge in [-0.1, -0.05) is 0 Å². The van der Waals surface area contributed by atoms with Crippen molar-refractivity contribution >= 4 is 40.6 Å². The summed E-state index contributed by atoms with van der Waals surface area (Å²) in [6, 6.07) is 8.01. The summed E-state index contributed by atoms with van der Waals surface area (Å²) in [5.41, 5.74) is 5.56. The molecule has 1 aromatic carbocycles. The Hall–Kier alpha value is -4.01. The highest BCUT2D eigenvalue weighted by molar-refractivity contribution is 5.92. The number of nitrogens with one attached hydrogen (secondary N) is 3. The number of amides is 2. The third-order valence-corrected chi connectivity index (χ3v) is 6.79. The second kappa shape index (κ2) is 10.3. The molecule has 0 saturated carbocycles. The van der Waals surface area contributed by atoms with Crippen molar-refractivity contribution in [2.75, 3.05) is 29.0 Å². The highest BCUT2D eigenvalue weighted by Crippen LogP contribution is 2.28. The fourth-order valence-corrected chi connectivity index (χ4v) is 4.85. The number of piperidine rings is 1. The van der Waals surface area contributed by atoms with E-state index in [9.17, 15) is 9.59 Å². The Kier molecular flexibility index (Phi) is 6.79. The van der Waals surface area contributed by atoms with E-state index in [0.717, 1.165) is 66.0 Å². The van der Waals surface area contributed by atoms with Gasteiger partial charge in [-0.05, 0) is 73.9 Å². The first-order valence-electron chi connectivity index (χ1n) is 12.4. The van der Waals surface area contributed by atoms with Crippen molar-refractivity contribution < 1.29 is 9.59 Å². The van der Waals surface area contributed by atoms with Gasteiger partial charge in [0.15, 0.2) is 0 Å². The summed E-state index contributed by atoms with van der Waals surface area (Å²) >= 11 is 0. The van der Waals surface area contributed by atoms with Crippen LogP contribution in [-0.4, -0.2) is 44.8 Å². The maximum absolute atomic E-state index is 13.0. The number of hydrogen-bond acceptors (Lipinski definition) is 7. The van der Waals surface area contributed by atoms with Crippen molar-refractivity contribution in [3.05, 3.63) is 59.5 Å². The molecule has 0 spiro atoms. The molecule has 0 aliphatic carbocycles. The molecule has 2 aromatic heterocycles. The summed E-state index contributed by atoms with van der Waals surface area (Å²) in [6.45, 7) is 4.98. The summed E-state index contributed by atoms with van der Waals surface area (Å²) in [6.07, 6.45) is 9.20. The SMILES string of the molecule is CC(=O)N1CCC[C@H](CC(=O)Nc2ccc3cc2CCc2cncc(c2)Nc2ncc(C)c(n2)N3)C1. The van der Waals surface area contributed by atoms with E-state index in [0.29, 0.717) is 24.7 Å². The van der Waals surface area contributed by atoms with Gasteiger partial charge < -0.3 is 20.9 Å². The lowest BCUT2D eigenvalue weighted by atomic mass is 9.94. The topological polar surface area (TPSA) is 112 Å². The second-order valence-corrected chi connectivity index (χ2v) is 9.65. The number of nitrogens with zero attached hydrogens (tertiary/aromatic N) is 4. The normalized spacial score (nSPS) is 16.9. The number of benzene rings is 1. The van der Waals surface area contributed by atoms with Crippen molar-refractivity contribution in [2.45, 2.75) is 46.0 Å². The lowest BCUT2D eigenvalue weighted by molar-refractivity contribution is -0.131. The number of anilines is 5. The number of aromatic nitrogens is 3. The minimum Gasteiger partial charge on any atom is -0.343 e. The Bertz CT molecular complexity index is 1290. The standard InChI is InChI=1S/C27H31N7O2/c1-17-13-29-27-31-23-10-19(14-28-15-23)5-6-21-12-22(30-26(17)33-27)7-8-24(21)32-25(36)11-20-4-3-9-34(16-20)18(2)35/h7-8,10,12-15,20H,3-6,9,11,16H2,1-2H3,(H,32,36)(H2,29,30,31,33)/t20-/m1/s1. The number of likely N-dealkylation sites (tertiary alicyclic amines) is 1. The molecule has 4 heterocycles. The number of rotatable bonds is 3. The Morgan fingerprint density at radius 2 is 2.00 bits per heavy atom. The molecule has 186 valence electrons. The molecular weight excluding hydrogens is 454 g/mol. The van der Waals surface area contributed by atoms with Gasteiger partial charge in [0.2, 0.25) is 17.8 Å². The van der Waals surface area contributed by atoms with Gasteiger partial charge in [-0.2, -0.15) is 4.98 Å². The van der Waals surface area contributed by atoms with Crippen LogP contribution in [0.5, 0.6) is 0 Å². The zero-order valence-electron chi connectivity index (χ0n) is 20.7. The zero-order chi connectivity index (χ0) is 25.1. The predicted octanol–water partition coefficient (Wildman–Crippen LogP) is 4.35. The number of carbonyl (C=O) groups excluding carboxylic acids is 2. The minimum absolute atomic E-state index is 0.0190. The van der Waals surface area contributed by atoms with Crippen LogP contribution in [0.2, 0.25) is 0 Å². The average molecular weight is 486 g/mol. The quantitative estimate of drug-likeness (QED) is 0.505. The number of pyridine rings is 1. The number of fused-ring (bicyclic) bond motifs is 6. The van der Waals surface area contributed by atoms with Crippen molar-refractivity contribution in [1.29, 1.82) is 0 Å². The minimum atomic E-state index is -0.0190. The Morgan fingerprint density at radius 1 is 1.11 bits per heavy atom. The van der Waals surface area contributed by atoms with Gasteiger partial charge in [0.25, 0.3) is 0 Å². The van der Waals surface area contributed by atoms with E-state index in [-0.39, 0.29) is 17.7 Å². The van der Waals surface area contributed by atoms with E-state index in [1.807, 2.05) is 36.2 Å². The number of hydrogen-bond donors (Lipinski definition) is 3. The highest BCUT2D eigenvalue weighted by Gasteiger charge is 2.24. The van der Waals surface area contributed by atoms with Crippen molar-refractivity contribution in [1.82, 2.24) is 19.9 Å². The third kappa shape index (κ3) is 5.62. The molecule has 1 atom stereocenters. The average Bonchev–Trinajstić information content (AvgIpc) is 2.86. The predicted molar refractivity (Wildman–Crippen MR) is 140 cm³/mol. The molecule has 9 nitrogen and oxygen atoms in total. The van der Waals surface area contributed by atoms with Crippen LogP contribution < -0.4 is 16.0 Å². The highest BCUT2D eigenvalue weighted by atomic mass is 16.2. The van der Waals surface area contributed by atoms with Gasteiger partial charge in [-0.3, -0.25) is 14.6 Å². The maximum atomic E-state index is 13.0. The largest absolute Gasteiger partial charge is 0.343 e. The van der Waals surface area contributed by atoms with Gasteiger partial charge in [0, 0.05) is 55.8 Å². The van der Waals surface area contributed by atoms with Crippen LogP contribution in [0.4, 0.5) is 28.8 Å². The molecule has 1 fully saturated rings. The van der Waals surface area contributed by atoms with Crippen LogP contribution in [-0.2, 0) is 22.4 Å². The first-order valence-corrected chi connectivity index (χ1v) is 12.4. The smallest absolute Gasteiger partial charge is 0.229 e. The summed E-state index contributed by atoms with van der Waals surface area (Å²) in [5, 5.41) is 9.78. The molecule has 3 aromatic rings. The number of carbonyl (C=O) groups is 2. The molecule has 6 bridgehead atoms. The molecule has 1 saturated heterocycles. The monoisotopic (exact) mass is 485 g/mol. The molecular formula is C27H31N7O2. The summed E-state index contributed by atoms with van der Waals surface area (Å²) in [7, 11) is 0. The van der Waals surface area contributed by atoms with E-state index >= 15 is 0 Å². The molecule has 9 heteroatoms. The first-order chi connectivity index (χ1) is 17.4. The summed E-state index contributed by atoms with van der Waals surface area (Å²) < 4.78 is 0. The van der Waals surface area contributed by atoms with Crippen LogP contribution in [0.3, 0.4) is 0 Å². The van der Waals surface area contributed by atoms with Crippen LogP contribution in [0.1, 0.15) is 42.9 Å². The van der Waals surface area contributed by atoms with Crippen LogP contribution in [0, 0.1) is 12.8 Å². The lowest BCUT2D eigenvalue weighted by Crippen LogP contribution is -2.39. The molecule has 0 unspecified atom stereocenters. The fraction of sp³-hybridized carbons (Fsp3) is 0.370. The van der Waals surface area contributed by atoms with Gasteiger partial charge in [-0.25, -0.2) is 4.98 Å². The lowest BCUT2D eigenvalue weighted by Gasteiger charge is -2.31. The van der Waals surface area contributed by atoms with Crippen LogP contribution >= 0.6 is 0 Å². The third-order valence-electron chi connectivity index (χ3n) is 6.79. The molecule has 5 rings (SSSR count). The molecule has 3 N–H and O–H groups in total. The van der Waals surface area contributed by atoms with E-state index in [4.69, 9.17) is 0 Å². The van der Waals surface area contributed by atoms with Crippen molar-refractivity contribution in [3.8, 4) is 0 Å². The first kappa shape index (κ1) is 23.7. The van der Waals surface area contributed by atoms with E-state index in [1.54, 1.807) is 19.3 Å². The van der Waals surface area contributed by atoms with E-state index in [1.165, 1.54) is 0 Å². The van der Waals surface area contributed by atoms with Crippen LogP contribution in [0.25, 0.3) is 0 Å². The second-order valence-electron chi connectivity index (χ2n) is 9.65. The van der Waals surface area contributed by atoms with Gasteiger partial charge >= 0.3 is 0 Å². The van der Waals surface area contributed by atoms with E-state index in [2.05, 4.69) is 37.0 Å². The molecule has 36 heavy (non-hydrogen) atoms. The molecule has 2 amide bonds. The van der Waals surface area contributed by atoms with E-state index < -0.39 is 0 Å². The van der Waals surface area contributed by atoms with Gasteiger partial charge in [0.05, 0.1) is 11.9 Å². The van der Waals surface area contributed by atoms with Crippen molar-refractivity contribution in [2.24, 2.45) is 5.92 Å². The molecule has 2 aliphatic rings. The molecule has 0 radical (unpaired) electrons. The molecule has 2 aliphatic heterocycles. The maximum Gasteiger partial charge on any atom is 0.229 e.